The van der Waals surface area contributed by atoms with Gasteiger partial charge in [-0.2, -0.15) is 0 Å². The van der Waals surface area contributed by atoms with E-state index in [2.05, 4.69) is 5.32 Å². The van der Waals surface area contributed by atoms with Crippen molar-refractivity contribution >= 4 is 11.6 Å². The molecule has 0 spiro atoms. The van der Waals surface area contributed by atoms with Gasteiger partial charge in [-0.25, -0.2) is 0 Å². The Morgan fingerprint density at radius 2 is 1.95 bits per heavy atom. The van der Waals surface area contributed by atoms with Gasteiger partial charge in [0.2, 0.25) is 0 Å². The highest BCUT2D eigenvalue weighted by atomic mass is 16.5. The summed E-state index contributed by atoms with van der Waals surface area (Å²) < 4.78 is 5.13. The van der Waals surface area contributed by atoms with Crippen LogP contribution in [0.3, 0.4) is 0 Å². The van der Waals surface area contributed by atoms with Crippen LogP contribution in [-0.2, 0) is 0 Å². The van der Waals surface area contributed by atoms with Gasteiger partial charge in [0.15, 0.2) is 0 Å². The molecule has 3 N–H and O–H groups in total. The van der Waals surface area contributed by atoms with E-state index in [9.17, 15) is 4.79 Å². The van der Waals surface area contributed by atoms with Crippen molar-refractivity contribution in [2.45, 2.75) is 19.9 Å². The first-order chi connectivity index (χ1) is 10.0. The number of hydrogen-bond acceptors (Lipinski definition) is 3. The second-order valence-corrected chi connectivity index (χ2v) is 5.05. The molecule has 2 aromatic carbocycles. The van der Waals surface area contributed by atoms with E-state index in [1.165, 1.54) is 0 Å². The van der Waals surface area contributed by atoms with Crippen molar-refractivity contribution in [3.63, 3.8) is 0 Å². The van der Waals surface area contributed by atoms with Gasteiger partial charge >= 0.3 is 0 Å². The largest absolute Gasteiger partial charge is 0.497 e. The first-order valence-corrected chi connectivity index (χ1v) is 6.82. The maximum atomic E-state index is 12.3. The Bertz CT molecular complexity index is 653. The zero-order valence-corrected chi connectivity index (χ0v) is 12.5. The lowest BCUT2D eigenvalue weighted by atomic mass is 10.0. The van der Waals surface area contributed by atoms with Crippen LogP contribution < -0.4 is 15.8 Å². The molecule has 0 radical (unpaired) electrons. The lowest BCUT2D eigenvalue weighted by Crippen LogP contribution is -2.27. The quantitative estimate of drug-likeness (QED) is 0.848. The van der Waals surface area contributed by atoms with Gasteiger partial charge in [0.25, 0.3) is 5.91 Å². The highest BCUT2D eigenvalue weighted by molar-refractivity contribution is 5.95. The molecule has 0 bridgehead atoms. The summed E-state index contributed by atoms with van der Waals surface area (Å²) in [5.41, 5.74) is 9.02. The molecule has 0 fully saturated rings. The summed E-state index contributed by atoms with van der Waals surface area (Å²) >= 11 is 0. The average Bonchev–Trinajstić information content (AvgIpc) is 2.46. The zero-order valence-electron chi connectivity index (χ0n) is 12.5. The fourth-order valence-electron chi connectivity index (χ4n) is 2.30. The lowest BCUT2D eigenvalue weighted by molar-refractivity contribution is 0.0939. The number of hydrogen-bond donors (Lipinski definition) is 2. The fraction of sp³-hybridized carbons (Fsp3) is 0.235. The molecular formula is C17H20N2O2. The lowest BCUT2D eigenvalue weighted by Gasteiger charge is -2.17. The Kier molecular flexibility index (Phi) is 4.48. The monoisotopic (exact) mass is 284 g/mol. The van der Waals surface area contributed by atoms with Crippen LogP contribution in [0.1, 0.15) is 34.5 Å². The number of anilines is 1. The fourth-order valence-corrected chi connectivity index (χ4v) is 2.30. The molecule has 0 saturated heterocycles. The molecule has 0 heterocycles. The Labute approximate surface area is 124 Å². The van der Waals surface area contributed by atoms with Crippen molar-refractivity contribution in [1.29, 1.82) is 0 Å². The maximum Gasteiger partial charge on any atom is 0.251 e. The Balaban J connectivity index is 2.18. The Morgan fingerprint density at radius 1 is 1.24 bits per heavy atom. The van der Waals surface area contributed by atoms with Gasteiger partial charge in [-0.15, -0.1) is 0 Å². The molecule has 0 saturated carbocycles. The number of aryl methyl sites for hydroxylation is 1. The highest BCUT2D eigenvalue weighted by Gasteiger charge is 2.14. The van der Waals surface area contributed by atoms with Crippen molar-refractivity contribution in [2.75, 3.05) is 12.8 Å². The van der Waals surface area contributed by atoms with Crippen molar-refractivity contribution in [2.24, 2.45) is 0 Å². The molecule has 2 aromatic rings. The predicted octanol–water partition coefficient (Wildman–Crippen LogP) is 3.08. The number of nitrogens with two attached hydrogens (primary N) is 1. The Morgan fingerprint density at radius 3 is 2.62 bits per heavy atom. The van der Waals surface area contributed by atoms with Gasteiger partial charge in [0, 0.05) is 17.3 Å². The van der Waals surface area contributed by atoms with Gasteiger partial charge in [-0.05, 0) is 37.1 Å². The zero-order chi connectivity index (χ0) is 15.4. The van der Waals surface area contributed by atoms with Crippen molar-refractivity contribution < 1.29 is 9.53 Å². The molecule has 0 aliphatic heterocycles. The summed E-state index contributed by atoms with van der Waals surface area (Å²) in [5.74, 6) is 0.403. The minimum absolute atomic E-state index is 0.0777. The van der Waals surface area contributed by atoms with E-state index in [0.717, 1.165) is 11.1 Å². The molecule has 4 heteroatoms. The van der Waals surface area contributed by atoms with Crippen molar-refractivity contribution in [1.82, 2.24) is 5.32 Å². The minimum Gasteiger partial charge on any atom is -0.497 e. The number of rotatable bonds is 4. The van der Waals surface area contributed by atoms with E-state index >= 15 is 0 Å². The molecule has 4 nitrogen and oxygen atoms in total. The van der Waals surface area contributed by atoms with E-state index in [-0.39, 0.29) is 11.9 Å². The molecule has 0 aliphatic carbocycles. The molecule has 1 atom stereocenters. The SMILES string of the molecule is COc1cc(N)cc(C(=O)NC(C)c2ccccc2C)c1. The van der Waals surface area contributed by atoms with E-state index in [4.69, 9.17) is 10.5 Å². The number of methoxy groups -OCH3 is 1. The van der Waals surface area contributed by atoms with Crippen LogP contribution in [0, 0.1) is 6.92 Å². The van der Waals surface area contributed by atoms with Gasteiger partial charge in [-0.1, -0.05) is 24.3 Å². The summed E-state index contributed by atoms with van der Waals surface area (Å²) in [6, 6.07) is 12.9. The number of nitrogens with one attached hydrogen (secondary N) is 1. The summed E-state index contributed by atoms with van der Waals surface area (Å²) in [6.45, 7) is 3.99. The standard InChI is InChI=1S/C17H20N2O2/c1-11-6-4-5-7-16(11)12(2)19-17(20)13-8-14(18)10-15(9-13)21-3/h4-10,12H,18H2,1-3H3,(H,19,20). The molecule has 2 rings (SSSR count). The molecule has 1 amide bonds. The van der Waals surface area contributed by atoms with E-state index in [0.29, 0.717) is 17.0 Å². The third-order valence-corrected chi connectivity index (χ3v) is 3.43. The van der Waals surface area contributed by atoms with Gasteiger partial charge < -0.3 is 15.8 Å². The third kappa shape index (κ3) is 3.54. The van der Waals surface area contributed by atoms with Gasteiger partial charge in [-0.3, -0.25) is 4.79 Å². The summed E-state index contributed by atoms with van der Waals surface area (Å²) in [7, 11) is 1.55. The summed E-state index contributed by atoms with van der Waals surface area (Å²) in [4.78, 5) is 12.3. The summed E-state index contributed by atoms with van der Waals surface area (Å²) in [5, 5.41) is 2.98. The van der Waals surface area contributed by atoms with Crippen molar-refractivity contribution in [3.05, 3.63) is 59.2 Å². The predicted molar refractivity (Wildman–Crippen MR) is 84.5 cm³/mol. The van der Waals surface area contributed by atoms with E-state index in [1.54, 1.807) is 25.3 Å². The van der Waals surface area contributed by atoms with Crippen molar-refractivity contribution in [3.8, 4) is 5.75 Å². The molecule has 0 aliphatic rings. The second-order valence-electron chi connectivity index (χ2n) is 5.05. The molecular weight excluding hydrogens is 264 g/mol. The van der Waals surface area contributed by atoms with E-state index < -0.39 is 0 Å². The van der Waals surface area contributed by atoms with Crippen LogP contribution >= 0.6 is 0 Å². The molecule has 21 heavy (non-hydrogen) atoms. The van der Waals surface area contributed by atoms with Crippen LogP contribution in [0.15, 0.2) is 42.5 Å². The first kappa shape index (κ1) is 14.9. The number of amides is 1. The number of nitrogen functional groups attached to an aromatic ring is 1. The maximum absolute atomic E-state index is 12.3. The topological polar surface area (TPSA) is 64.3 Å². The Hall–Kier alpha value is -2.49. The van der Waals surface area contributed by atoms with Crippen LogP contribution in [0.2, 0.25) is 0 Å². The van der Waals surface area contributed by atoms with Crippen LogP contribution in [-0.4, -0.2) is 13.0 Å². The van der Waals surface area contributed by atoms with Crippen LogP contribution in [0.4, 0.5) is 5.69 Å². The van der Waals surface area contributed by atoms with E-state index in [1.807, 2.05) is 38.1 Å². The second kappa shape index (κ2) is 6.31. The van der Waals surface area contributed by atoms with Gasteiger partial charge in [0.1, 0.15) is 5.75 Å². The number of carbonyl (C=O) groups excluding carboxylic acids is 1. The van der Waals surface area contributed by atoms with Gasteiger partial charge in [0.05, 0.1) is 13.2 Å². The smallest absolute Gasteiger partial charge is 0.251 e. The molecule has 110 valence electrons. The number of carbonyl (C=O) groups is 1. The molecule has 0 aromatic heterocycles. The average molecular weight is 284 g/mol. The highest BCUT2D eigenvalue weighted by Crippen LogP contribution is 2.21. The third-order valence-electron chi connectivity index (χ3n) is 3.43. The molecule has 1 unspecified atom stereocenters. The minimum atomic E-state index is -0.170. The normalized spacial score (nSPS) is 11.8. The summed E-state index contributed by atoms with van der Waals surface area (Å²) in [6.07, 6.45) is 0. The first-order valence-electron chi connectivity index (χ1n) is 6.82. The van der Waals surface area contributed by atoms with Crippen LogP contribution in [0.5, 0.6) is 5.75 Å². The number of benzene rings is 2. The van der Waals surface area contributed by atoms with Crippen LogP contribution in [0.25, 0.3) is 0 Å². The number of ether oxygens (including phenoxy) is 1.